The molecule has 0 aliphatic rings. The standard InChI is InChI=1S/C11H11NO2.CH4O/c1-14-9-2-3-11-10(6-9)8(4-5-13)7-12-11;1-2/h2-3,5-7,12H,4H2,1H3;2H,1H3. The lowest BCUT2D eigenvalue weighted by Crippen LogP contribution is -1.84. The highest BCUT2D eigenvalue weighted by molar-refractivity contribution is 5.86. The van der Waals surface area contributed by atoms with E-state index < -0.39 is 0 Å². The predicted molar refractivity (Wildman–Crippen MR) is 62.8 cm³/mol. The van der Waals surface area contributed by atoms with Crippen molar-refractivity contribution in [2.75, 3.05) is 14.2 Å². The van der Waals surface area contributed by atoms with Crippen LogP contribution in [-0.2, 0) is 11.2 Å². The number of H-pyrrole nitrogens is 1. The van der Waals surface area contributed by atoms with Crippen LogP contribution in [0.2, 0.25) is 0 Å². The van der Waals surface area contributed by atoms with E-state index in [0.717, 1.165) is 35.6 Å². The Morgan fingerprint density at radius 3 is 2.81 bits per heavy atom. The van der Waals surface area contributed by atoms with Crippen LogP contribution in [0, 0.1) is 0 Å². The number of hydrogen-bond donors (Lipinski definition) is 2. The van der Waals surface area contributed by atoms with Crippen molar-refractivity contribution >= 4 is 17.2 Å². The van der Waals surface area contributed by atoms with Crippen molar-refractivity contribution < 1.29 is 14.6 Å². The fourth-order valence-corrected chi connectivity index (χ4v) is 1.54. The summed E-state index contributed by atoms with van der Waals surface area (Å²) in [6, 6.07) is 5.77. The molecule has 0 spiro atoms. The molecule has 0 saturated heterocycles. The summed E-state index contributed by atoms with van der Waals surface area (Å²) in [5.74, 6) is 0.809. The molecular weight excluding hydrogens is 206 g/mol. The van der Waals surface area contributed by atoms with E-state index in [2.05, 4.69) is 4.98 Å². The van der Waals surface area contributed by atoms with Gasteiger partial charge in [0.2, 0.25) is 0 Å². The summed E-state index contributed by atoms with van der Waals surface area (Å²) >= 11 is 0. The van der Waals surface area contributed by atoms with Crippen LogP contribution in [-0.4, -0.2) is 30.6 Å². The zero-order valence-electron chi connectivity index (χ0n) is 9.36. The summed E-state index contributed by atoms with van der Waals surface area (Å²) < 4.78 is 5.12. The Morgan fingerprint density at radius 2 is 2.19 bits per heavy atom. The third kappa shape index (κ3) is 2.41. The van der Waals surface area contributed by atoms with Crippen LogP contribution in [0.5, 0.6) is 5.75 Å². The number of carbonyl (C=O) groups is 1. The number of aliphatic hydroxyl groups excluding tert-OH is 1. The Labute approximate surface area is 93.9 Å². The highest BCUT2D eigenvalue weighted by atomic mass is 16.5. The highest BCUT2D eigenvalue weighted by Crippen LogP contribution is 2.23. The summed E-state index contributed by atoms with van der Waals surface area (Å²) in [4.78, 5) is 13.5. The number of benzene rings is 1. The van der Waals surface area contributed by atoms with Gasteiger partial charge in [0.25, 0.3) is 0 Å². The van der Waals surface area contributed by atoms with Gasteiger partial charge in [0.1, 0.15) is 12.0 Å². The molecule has 4 nitrogen and oxygen atoms in total. The first-order chi connectivity index (χ1) is 7.85. The van der Waals surface area contributed by atoms with Crippen molar-refractivity contribution in [3.8, 4) is 5.75 Å². The van der Waals surface area contributed by atoms with Crippen molar-refractivity contribution in [1.82, 2.24) is 4.98 Å². The van der Waals surface area contributed by atoms with Crippen molar-refractivity contribution in [2.24, 2.45) is 0 Å². The fraction of sp³-hybridized carbons (Fsp3) is 0.250. The smallest absolute Gasteiger partial charge is 0.124 e. The van der Waals surface area contributed by atoms with Crippen molar-refractivity contribution in [3.63, 3.8) is 0 Å². The van der Waals surface area contributed by atoms with Gasteiger partial charge in [0.05, 0.1) is 7.11 Å². The molecule has 0 unspecified atom stereocenters. The average Bonchev–Trinajstić information content (AvgIpc) is 2.75. The van der Waals surface area contributed by atoms with Gasteiger partial charge in [0.15, 0.2) is 0 Å². The van der Waals surface area contributed by atoms with Crippen molar-refractivity contribution in [1.29, 1.82) is 0 Å². The Hall–Kier alpha value is -1.81. The zero-order chi connectivity index (χ0) is 12.0. The van der Waals surface area contributed by atoms with Gasteiger partial charge in [-0.2, -0.15) is 0 Å². The lowest BCUT2D eigenvalue weighted by atomic mass is 10.1. The molecular formula is C12H15NO3. The minimum atomic E-state index is 0.438. The number of ether oxygens (including phenoxy) is 1. The third-order valence-electron chi connectivity index (χ3n) is 2.28. The molecule has 86 valence electrons. The topological polar surface area (TPSA) is 62.3 Å². The molecule has 1 aromatic heterocycles. The van der Waals surface area contributed by atoms with E-state index in [-0.39, 0.29) is 0 Å². The second kappa shape index (κ2) is 5.92. The molecule has 0 bridgehead atoms. The van der Waals surface area contributed by atoms with E-state index in [4.69, 9.17) is 9.84 Å². The van der Waals surface area contributed by atoms with Crippen LogP contribution >= 0.6 is 0 Å². The Bertz CT molecular complexity index is 462. The molecule has 1 aromatic carbocycles. The van der Waals surface area contributed by atoms with E-state index in [1.54, 1.807) is 7.11 Å². The van der Waals surface area contributed by atoms with E-state index >= 15 is 0 Å². The van der Waals surface area contributed by atoms with Gasteiger partial charge in [-0.25, -0.2) is 0 Å². The third-order valence-corrected chi connectivity index (χ3v) is 2.28. The molecule has 0 radical (unpaired) electrons. The number of fused-ring (bicyclic) bond motifs is 1. The molecule has 0 aliphatic carbocycles. The summed E-state index contributed by atoms with van der Waals surface area (Å²) in [5.41, 5.74) is 2.04. The molecule has 2 rings (SSSR count). The first-order valence-electron chi connectivity index (χ1n) is 4.87. The number of aromatic nitrogens is 1. The normalized spacial score (nSPS) is 9.44. The minimum Gasteiger partial charge on any atom is -0.497 e. The molecule has 4 heteroatoms. The summed E-state index contributed by atoms with van der Waals surface area (Å²) in [5, 5.41) is 8.05. The molecule has 0 atom stereocenters. The van der Waals surface area contributed by atoms with Gasteiger partial charge < -0.3 is 19.6 Å². The maximum Gasteiger partial charge on any atom is 0.124 e. The highest BCUT2D eigenvalue weighted by Gasteiger charge is 2.03. The number of aliphatic hydroxyl groups is 1. The van der Waals surface area contributed by atoms with Gasteiger partial charge in [0, 0.05) is 30.6 Å². The lowest BCUT2D eigenvalue weighted by molar-refractivity contribution is -0.107. The van der Waals surface area contributed by atoms with Gasteiger partial charge in [-0.1, -0.05) is 0 Å². The van der Waals surface area contributed by atoms with Gasteiger partial charge in [-0.15, -0.1) is 0 Å². The van der Waals surface area contributed by atoms with Crippen molar-refractivity contribution in [3.05, 3.63) is 30.0 Å². The number of carbonyl (C=O) groups excluding carboxylic acids is 1. The first-order valence-corrected chi connectivity index (χ1v) is 4.87. The van der Waals surface area contributed by atoms with Crippen LogP contribution < -0.4 is 4.74 Å². The van der Waals surface area contributed by atoms with Crippen LogP contribution in [0.25, 0.3) is 10.9 Å². The molecule has 0 amide bonds. The van der Waals surface area contributed by atoms with Crippen LogP contribution in [0.4, 0.5) is 0 Å². The quantitative estimate of drug-likeness (QED) is 0.772. The SMILES string of the molecule is CO.COc1ccc2[nH]cc(CC=O)c2c1. The van der Waals surface area contributed by atoms with Gasteiger partial charge >= 0.3 is 0 Å². The number of aldehydes is 1. The summed E-state index contributed by atoms with van der Waals surface area (Å²) in [7, 11) is 2.63. The van der Waals surface area contributed by atoms with E-state index in [1.807, 2.05) is 24.4 Å². The molecule has 2 N–H and O–H groups in total. The second-order valence-electron chi connectivity index (χ2n) is 3.10. The van der Waals surface area contributed by atoms with E-state index in [1.165, 1.54) is 0 Å². The van der Waals surface area contributed by atoms with Gasteiger partial charge in [-0.3, -0.25) is 0 Å². The molecule has 1 heterocycles. The Kier molecular flexibility index (Phi) is 4.54. The molecule has 0 saturated carbocycles. The number of nitrogens with one attached hydrogen (secondary N) is 1. The van der Waals surface area contributed by atoms with Gasteiger partial charge in [-0.05, 0) is 23.8 Å². The number of aromatic amines is 1. The molecule has 16 heavy (non-hydrogen) atoms. The van der Waals surface area contributed by atoms with Crippen LogP contribution in [0.15, 0.2) is 24.4 Å². The monoisotopic (exact) mass is 221 g/mol. The number of methoxy groups -OCH3 is 1. The van der Waals surface area contributed by atoms with Crippen LogP contribution in [0.3, 0.4) is 0 Å². The first kappa shape index (κ1) is 12.3. The average molecular weight is 221 g/mol. The predicted octanol–water partition coefficient (Wildman–Crippen LogP) is 1.53. The Morgan fingerprint density at radius 1 is 1.44 bits per heavy atom. The maximum absolute atomic E-state index is 10.4. The minimum absolute atomic E-state index is 0.438. The van der Waals surface area contributed by atoms with Crippen LogP contribution in [0.1, 0.15) is 5.56 Å². The zero-order valence-corrected chi connectivity index (χ0v) is 9.36. The molecule has 0 fully saturated rings. The van der Waals surface area contributed by atoms with E-state index in [0.29, 0.717) is 6.42 Å². The largest absolute Gasteiger partial charge is 0.497 e. The fourth-order valence-electron chi connectivity index (χ4n) is 1.54. The lowest BCUT2D eigenvalue weighted by Gasteiger charge is -1.99. The summed E-state index contributed by atoms with van der Waals surface area (Å²) in [6.45, 7) is 0. The number of rotatable bonds is 3. The second-order valence-corrected chi connectivity index (χ2v) is 3.10. The molecule has 0 aliphatic heterocycles. The van der Waals surface area contributed by atoms with E-state index in [9.17, 15) is 4.79 Å². The Balaban J connectivity index is 0.000000606. The van der Waals surface area contributed by atoms with Crippen molar-refractivity contribution in [2.45, 2.75) is 6.42 Å². The molecule has 2 aromatic rings. The number of hydrogen-bond acceptors (Lipinski definition) is 3. The summed E-state index contributed by atoms with van der Waals surface area (Å²) in [6.07, 6.45) is 3.20. The maximum atomic E-state index is 10.4.